The number of aromatic nitrogens is 1. The number of pyridine rings is 1. The Morgan fingerprint density at radius 1 is 1.10 bits per heavy atom. The van der Waals surface area contributed by atoms with Crippen LogP contribution in [0, 0.1) is 6.92 Å². The van der Waals surface area contributed by atoms with Crippen molar-refractivity contribution in [2.75, 3.05) is 6.54 Å². The third kappa shape index (κ3) is 4.87. The highest BCUT2D eigenvalue weighted by Crippen LogP contribution is 2.12. The van der Waals surface area contributed by atoms with Crippen LogP contribution in [0.25, 0.3) is 0 Å². The van der Waals surface area contributed by atoms with Gasteiger partial charge < -0.3 is 9.88 Å². The number of nitrogens with zero attached hydrogens (tertiary/aromatic N) is 1. The summed E-state index contributed by atoms with van der Waals surface area (Å²) in [6.45, 7) is 6.05. The molecule has 2 aromatic rings. The highest BCUT2D eigenvalue weighted by atomic mass is 16.1. The molecule has 0 spiro atoms. The van der Waals surface area contributed by atoms with Crippen LogP contribution in [0.4, 0.5) is 0 Å². The molecule has 0 unspecified atom stereocenters. The summed E-state index contributed by atoms with van der Waals surface area (Å²) in [5, 5.41) is 3.53. The van der Waals surface area contributed by atoms with Crippen molar-refractivity contribution in [3.63, 3.8) is 0 Å². The molecule has 0 aliphatic heterocycles. The molecule has 1 aromatic heterocycles. The van der Waals surface area contributed by atoms with Crippen molar-refractivity contribution in [2.24, 2.45) is 0 Å². The van der Waals surface area contributed by atoms with Crippen molar-refractivity contribution >= 4 is 0 Å². The fraction of sp³-hybridized carbons (Fsp3) is 0.389. The van der Waals surface area contributed by atoms with E-state index in [2.05, 4.69) is 43.4 Å². The zero-order chi connectivity index (χ0) is 15.1. The van der Waals surface area contributed by atoms with Gasteiger partial charge >= 0.3 is 0 Å². The molecule has 0 bridgehead atoms. The van der Waals surface area contributed by atoms with Crippen molar-refractivity contribution in [1.82, 2.24) is 9.88 Å². The standard InChI is InChI=1S/C18H24N2O/c1-15-8-10-17(11-9-15)16(2)19-12-4-6-14-20-13-5-3-7-18(20)21/h3,5,7-11,13,16,19H,4,6,12,14H2,1-2H3/t16-/m0/s1. The maximum absolute atomic E-state index is 11.6. The zero-order valence-corrected chi connectivity index (χ0v) is 12.9. The number of hydrogen-bond acceptors (Lipinski definition) is 2. The van der Waals surface area contributed by atoms with Crippen molar-refractivity contribution in [3.05, 3.63) is 70.1 Å². The Morgan fingerprint density at radius 2 is 1.86 bits per heavy atom. The maximum Gasteiger partial charge on any atom is 0.250 e. The number of rotatable bonds is 7. The van der Waals surface area contributed by atoms with E-state index in [9.17, 15) is 4.79 Å². The molecular weight excluding hydrogens is 260 g/mol. The molecule has 0 aliphatic rings. The molecule has 0 fully saturated rings. The molecule has 1 N–H and O–H groups in total. The molecule has 112 valence electrons. The minimum absolute atomic E-state index is 0.0819. The summed E-state index contributed by atoms with van der Waals surface area (Å²) in [6.07, 6.45) is 3.93. The van der Waals surface area contributed by atoms with Crippen molar-refractivity contribution < 1.29 is 0 Å². The molecular formula is C18H24N2O. The Kier molecular flexibility index (Phi) is 5.76. The number of nitrogens with one attached hydrogen (secondary N) is 1. The Morgan fingerprint density at radius 3 is 2.57 bits per heavy atom. The summed E-state index contributed by atoms with van der Waals surface area (Å²) in [5.74, 6) is 0. The van der Waals surface area contributed by atoms with Crippen LogP contribution in [-0.2, 0) is 6.54 Å². The monoisotopic (exact) mass is 284 g/mol. The van der Waals surface area contributed by atoms with Gasteiger partial charge in [-0.1, -0.05) is 35.9 Å². The average molecular weight is 284 g/mol. The highest BCUT2D eigenvalue weighted by Gasteiger charge is 2.03. The quantitative estimate of drug-likeness (QED) is 0.792. The molecule has 0 saturated carbocycles. The lowest BCUT2D eigenvalue weighted by Gasteiger charge is -2.14. The highest BCUT2D eigenvalue weighted by molar-refractivity contribution is 5.23. The van der Waals surface area contributed by atoms with E-state index in [-0.39, 0.29) is 5.56 Å². The largest absolute Gasteiger partial charge is 0.316 e. The van der Waals surface area contributed by atoms with Crippen molar-refractivity contribution in [3.8, 4) is 0 Å². The van der Waals surface area contributed by atoms with Crippen LogP contribution >= 0.6 is 0 Å². The first-order valence-corrected chi connectivity index (χ1v) is 7.62. The van der Waals surface area contributed by atoms with Gasteiger partial charge in [-0.25, -0.2) is 0 Å². The molecule has 1 heterocycles. The lowest BCUT2D eigenvalue weighted by Crippen LogP contribution is -2.21. The van der Waals surface area contributed by atoms with Crippen LogP contribution in [0.3, 0.4) is 0 Å². The molecule has 0 amide bonds. The van der Waals surface area contributed by atoms with E-state index >= 15 is 0 Å². The number of benzene rings is 1. The first-order chi connectivity index (χ1) is 10.2. The molecule has 0 saturated heterocycles. The summed E-state index contributed by atoms with van der Waals surface area (Å²) < 4.78 is 1.77. The molecule has 0 radical (unpaired) electrons. The summed E-state index contributed by atoms with van der Waals surface area (Å²) in [6, 6.07) is 14.3. The van der Waals surface area contributed by atoms with E-state index in [1.807, 2.05) is 12.3 Å². The molecule has 21 heavy (non-hydrogen) atoms. The predicted octanol–water partition coefficient (Wildman–Crippen LogP) is 3.29. The zero-order valence-electron chi connectivity index (χ0n) is 12.9. The van der Waals surface area contributed by atoms with E-state index < -0.39 is 0 Å². The third-order valence-electron chi connectivity index (χ3n) is 3.75. The molecule has 3 heteroatoms. The van der Waals surface area contributed by atoms with E-state index in [0.717, 1.165) is 25.9 Å². The SMILES string of the molecule is Cc1ccc([C@H](C)NCCCCn2ccccc2=O)cc1. The predicted molar refractivity (Wildman–Crippen MR) is 87.5 cm³/mol. The van der Waals surface area contributed by atoms with Crippen LogP contribution in [0.2, 0.25) is 0 Å². The van der Waals surface area contributed by atoms with E-state index in [4.69, 9.17) is 0 Å². The number of hydrogen-bond donors (Lipinski definition) is 1. The number of aryl methyl sites for hydroxylation is 2. The Balaban J connectivity index is 1.69. The van der Waals surface area contributed by atoms with Gasteiger partial charge in [-0.05, 0) is 44.9 Å². The normalized spacial score (nSPS) is 12.3. The molecule has 2 rings (SSSR count). The first-order valence-electron chi connectivity index (χ1n) is 7.62. The minimum Gasteiger partial charge on any atom is -0.316 e. The second-order valence-electron chi connectivity index (χ2n) is 5.53. The third-order valence-corrected chi connectivity index (χ3v) is 3.75. The summed E-state index contributed by atoms with van der Waals surface area (Å²) >= 11 is 0. The average Bonchev–Trinajstić information content (AvgIpc) is 2.49. The lowest BCUT2D eigenvalue weighted by atomic mass is 10.1. The van der Waals surface area contributed by atoms with E-state index in [1.165, 1.54) is 11.1 Å². The Bertz CT molecular complexity index is 601. The molecule has 1 aromatic carbocycles. The van der Waals surface area contributed by atoms with Gasteiger partial charge in [-0.2, -0.15) is 0 Å². The second kappa shape index (κ2) is 7.79. The van der Waals surface area contributed by atoms with Crippen LogP contribution in [0.1, 0.15) is 36.9 Å². The van der Waals surface area contributed by atoms with Crippen LogP contribution in [-0.4, -0.2) is 11.1 Å². The van der Waals surface area contributed by atoms with Gasteiger partial charge in [0.1, 0.15) is 0 Å². The van der Waals surface area contributed by atoms with Crippen molar-refractivity contribution in [1.29, 1.82) is 0 Å². The maximum atomic E-state index is 11.6. The van der Waals surface area contributed by atoms with Gasteiger partial charge in [0.25, 0.3) is 0 Å². The summed E-state index contributed by atoms with van der Waals surface area (Å²) in [4.78, 5) is 11.6. The fourth-order valence-electron chi connectivity index (χ4n) is 2.34. The number of unbranched alkanes of at least 4 members (excludes halogenated alkanes) is 1. The Hall–Kier alpha value is -1.87. The van der Waals surface area contributed by atoms with Gasteiger partial charge in [0, 0.05) is 24.8 Å². The van der Waals surface area contributed by atoms with Gasteiger partial charge in [0.05, 0.1) is 0 Å². The lowest BCUT2D eigenvalue weighted by molar-refractivity contribution is 0.519. The van der Waals surface area contributed by atoms with E-state index in [0.29, 0.717) is 6.04 Å². The molecule has 0 aliphatic carbocycles. The van der Waals surface area contributed by atoms with Gasteiger partial charge in [-0.3, -0.25) is 4.79 Å². The fourth-order valence-corrected chi connectivity index (χ4v) is 2.34. The van der Waals surface area contributed by atoms with Crippen molar-refractivity contribution in [2.45, 2.75) is 39.3 Å². The van der Waals surface area contributed by atoms with Gasteiger partial charge in [0.15, 0.2) is 0 Å². The van der Waals surface area contributed by atoms with Crippen LogP contribution in [0.15, 0.2) is 53.5 Å². The minimum atomic E-state index is 0.0819. The van der Waals surface area contributed by atoms with Crippen LogP contribution < -0.4 is 10.9 Å². The second-order valence-corrected chi connectivity index (χ2v) is 5.53. The summed E-state index contributed by atoms with van der Waals surface area (Å²) in [5.41, 5.74) is 2.69. The first kappa shape index (κ1) is 15.5. The topological polar surface area (TPSA) is 34.0 Å². The van der Waals surface area contributed by atoms with Gasteiger partial charge in [0.2, 0.25) is 5.56 Å². The summed E-state index contributed by atoms with van der Waals surface area (Å²) in [7, 11) is 0. The molecule has 3 nitrogen and oxygen atoms in total. The van der Waals surface area contributed by atoms with Crippen LogP contribution in [0.5, 0.6) is 0 Å². The van der Waals surface area contributed by atoms with E-state index in [1.54, 1.807) is 16.7 Å². The molecule has 1 atom stereocenters. The van der Waals surface area contributed by atoms with Gasteiger partial charge in [-0.15, -0.1) is 0 Å². The Labute approximate surface area is 126 Å². The smallest absolute Gasteiger partial charge is 0.250 e.